The molecular weight excluding hydrogens is 615 g/mol. The quantitative estimate of drug-likeness (QED) is 0.168. The fourth-order valence-electron chi connectivity index (χ4n) is 7.82. The van der Waals surface area contributed by atoms with E-state index in [2.05, 4.69) is 205 Å². The zero-order valence-corrected chi connectivity index (χ0v) is 28.0. The van der Waals surface area contributed by atoms with Crippen molar-refractivity contribution >= 4 is 70.9 Å². The van der Waals surface area contributed by atoms with Crippen LogP contribution in [0.1, 0.15) is 0 Å². The molecule has 0 amide bonds. The number of benzene rings is 10. The van der Waals surface area contributed by atoms with Gasteiger partial charge in [-0.25, -0.2) is 0 Å². The van der Waals surface area contributed by atoms with Gasteiger partial charge in [-0.3, -0.25) is 0 Å². The van der Waals surface area contributed by atoms with E-state index in [1.807, 2.05) is 0 Å². The minimum absolute atomic E-state index is 1.12. The van der Waals surface area contributed by atoms with Crippen molar-refractivity contribution in [2.75, 3.05) is 4.90 Å². The van der Waals surface area contributed by atoms with E-state index in [-0.39, 0.29) is 0 Å². The fourth-order valence-corrected chi connectivity index (χ4v) is 7.82. The average Bonchev–Trinajstić information content (AvgIpc) is 3.21. The summed E-state index contributed by atoms with van der Waals surface area (Å²) in [5, 5.41) is 12.7. The molecule has 0 aliphatic carbocycles. The molecule has 10 aromatic carbocycles. The second kappa shape index (κ2) is 12.0. The van der Waals surface area contributed by atoms with Gasteiger partial charge in [0, 0.05) is 16.8 Å². The van der Waals surface area contributed by atoms with Crippen LogP contribution in [0.5, 0.6) is 0 Å². The highest BCUT2D eigenvalue weighted by molar-refractivity contribution is 6.09. The zero-order valence-electron chi connectivity index (χ0n) is 28.0. The number of hydrogen-bond donors (Lipinski definition) is 0. The van der Waals surface area contributed by atoms with Crippen molar-refractivity contribution < 1.29 is 0 Å². The Hall–Kier alpha value is -6.70. The molecule has 0 N–H and O–H groups in total. The molecule has 0 radical (unpaired) electrons. The van der Waals surface area contributed by atoms with Crippen LogP contribution in [-0.2, 0) is 0 Å². The van der Waals surface area contributed by atoms with E-state index >= 15 is 0 Å². The van der Waals surface area contributed by atoms with E-state index in [9.17, 15) is 0 Å². The summed E-state index contributed by atoms with van der Waals surface area (Å²) in [7, 11) is 0. The van der Waals surface area contributed by atoms with E-state index in [1.54, 1.807) is 0 Å². The first-order valence-corrected chi connectivity index (χ1v) is 17.6. The van der Waals surface area contributed by atoms with Crippen molar-refractivity contribution in [3.05, 3.63) is 200 Å². The van der Waals surface area contributed by atoms with Crippen LogP contribution in [0.4, 0.5) is 17.1 Å². The first-order valence-electron chi connectivity index (χ1n) is 17.6. The summed E-state index contributed by atoms with van der Waals surface area (Å²) in [6.45, 7) is 0. The standard InChI is InChI=1S/C50H33N/c1-4-12-45-37(9-1)16-18-41-32-39(24-30-47(41)45)34-20-26-43(27-21-34)51(50-15-7-11-36-8-3-6-14-49(36)50)44-28-22-35(23-29-44)40-25-31-48-42(33-40)19-17-38-10-2-5-13-46(38)48/h1-33H. The van der Waals surface area contributed by atoms with Crippen LogP contribution >= 0.6 is 0 Å². The molecule has 0 aromatic heterocycles. The SMILES string of the molecule is c1ccc2c(N(c3ccc(-c4ccc5c(ccc6ccccc65)c4)cc3)c3ccc(-c4ccc5c(ccc6ccccc65)c4)cc3)cccc2c1. The molecule has 1 nitrogen and oxygen atoms in total. The molecular formula is C50H33N. The summed E-state index contributed by atoms with van der Waals surface area (Å²) in [5.41, 5.74) is 8.22. The molecule has 0 fully saturated rings. The molecule has 0 unspecified atom stereocenters. The maximum absolute atomic E-state index is 2.38. The normalized spacial score (nSPS) is 11.5. The Balaban J connectivity index is 1.04. The Kier molecular flexibility index (Phi) is 6.89. The molecule has 0 saturated heterocycles. The Morgan fingerprint density at radius 1 is 0.235 bits per heavy atom. The number of nitrogens with zero attached hydrogens (tertiary/aromatic N) is 1. The minimum atomic E-state index is 1.12. The molecule has 1 heteroatoms. The number of fused-ring (bicyclic) bond motifs is 7. The molecule has 10 aromatic rings. The van der Waals surface area contributed by atoms with Crippen molar-refractivity contribution in [2.45, 2.75) is 0 Å². The molecule has 0 saturated carbocycles. The van der Waals surface area contributed by atoms with Crippen molar-refractivity contribution in [1.29, 1.82) is 0 Å². The van der Waals surface area contributed by atoms with Crippen LogP contribution in [0.25, 0.3) is 76.1 Å². The maximum Gasteiger partial charge on any atom is 0.0540 e. The lowest BCUT2D eigenvalue weighted by atomic mass is 9.97. The highest BCUT2D eigenvalue weighted by Crippen LogP contribution is 2.41. The van der Waals surface area contributed by atoms with Gasteiger partial charge in [-0.15, -0.1) is 0 Å². The molecule has 0 atom stereocenters. The molecule has 0 bridgehead atoms. The highest BCUT2D eigenvalue weighted by atomic mass is 15.1. The van der Waals surface area contributed by atoms with E-state index in [0.717, 1.165) is 17.1 Å². The van der Waals surface area contributed by atoms with Gasteiger partial charge < -0.3 is 4.90 Å². The molecule has 238 valence electrons. The summed E-state index contributed by atoms with van der Waals surface area (Å²) in [5.74, 6) is 0. The molecule has 0 spiro atoms. The Morgan fingerprint density at radius 2 is 0.608 bits per heavy atom. The average molecular weight is 648 g/mol. The fraction of sp³-hybridized carbons (Fsp3) is 0. The van der Waals surface area contributed by atoms with Crippen LogP contribution in [-0.4, -0.2) is 0 Å². The smallest absolute Gasteiger partial charge is 0.0540 e. The van der Waals surface area contributed by atoms with E-state index in [0.29, 0.717) is 0 Å². The largest absolute Gasteiger partial charge is 0.310 e. The van der Waals surface area contributed by atoms with Gasteiger partial charge in [-0.2, -0.15) is 0 Å². The lowest BCUT2D eigenvalue weighted by Gasteiger charge is -2.27. The molecule has 0 heterocycles. The number of hydrogen-bond acceptors (Lipinski definition) is 1. The van der Waals surface area contributed by atoms with Gasteiger partial charge in [0.05, 0.1) is 5.69 Å². The molecule has 0 aliphatic rings. The summed E-state index contributed by atoms with van der Waals surface area (Å²) >= 11 is 0. The summed E-state index contributed by atoms with van der Waals surface area (Å²) in [6, 6.07) is 73.1. The summed E-state index contributed by atoms with van der Waals surface area (Å²) < 4.78 is 0. The van der Waals surface area contributed by atoms with Gasteiger partial charge in [-0.1, -0.05) is 158 Å². The first kappa shape index (κ1) is 29.2. The van der Waals surface area contributed by atoms with Gasteiger partial charge in [0.15, 0.2) is 0 Å². The van der Waals surface area contributed by atoms with Gasteiger partial charge in [-0.05, 0) is 113 Å². The molecule has 10 rings (SSSR count). The monoisotopic (exact) mass is 647 g/mol. The van der Waals surface area contributed by atoms with E-state index < -0.39 is 0 Å². The summed E-state index contributed by atoms with van der Waals surface area (Å²) in [6.07, 6.45) is 0. The highest BCUT2D eigenvalue weighted by Gasteiger charge is 2.16. The molecule has 0 aliphatic heterocycles. The van der Waals surface area contributed by atoms with Crippen molar-refractivity contribution in [3.63, 3.8) is 0 Å². The lowest BCUT2D eigenvalue weighted by Crippen LogP contribution is -2.10. The number of anilines is 3. The van der Waals surface area contributed by atoms with Crippen molar-refractivity contribution in [2.24, 2.45) is 0 Å². The van der Waals surface area contributed by atoms with Crippen LogP contribution < -0.4 is 4.90 Å². The Morgan fingerprint density at radius 3 is 1.12 bits per heavy atom. The Labute approximate surface area is 297 Å². The second-order valence-electron chi connectivity index (χ2n) is 13.4. The van der Waals surface area contributed by atoms with Gasteiger partial charge in [0.1, 0.15) is 0 Å². The lowest BCUT2D eigenvalue weighted by molar-refractivity contribution is 1.30. The van der Waals surface area contributed by atoms with Gasteiger partial charge in [0.25, 0.3) is 0 Å². The van der Waals surface area contributed by atoms with Gasteiger partial charge in [0.2, 0.25) is 0 Å². The number of rotatable bonds is 5. The maximum atomic E-state index is 2.38. The topological polar surface area (TPSA) is 3.24 Å². The van der Waals surface area contributed by atoms with Crippen LogP contribution in [0.3, 0.4) is 0 Å². The minimum Gasteiger partial charge on any atom is -0.310 e. The van der Waals surface area contributed by atoms with E-state index in [4.69, 9.17) is 0 Å². The van der Waals surface area contributed by atoms with Crippen LogP contribution in [0, 0.1) is 0 Å². The predicted molar refractivity (Wildman–Crippen MR) is 220 cm³/mol. The third-order valence-corrected chi connectivity index (χ3v) is 10.4. The second-order valence-corrected chi connectivity index (χ2v) is 13.4. The van der Waals surface area contributed by atoms with Crippen molar-refractivity contribution in [3.8, 4) is 22.3 Å². The Bertz CT molecular complexity index is 2730. The van der Waals surface area contributed by atoms with Crippen LogP contribution in [0.2, 0.25) is 0 Å². The zero-order chi connectivity index (χ0) is 33.7. The molecule has 51 heavy (non-hydrogen) atoms. The van der Waals surface area contributed by atoms with Crippen LogP contribution in [0.15, 0.2) is 200 Å². The summed E-state index contributed by atoms with van der Waals surface area (Å²) in [4.78, 5) is 2.38. The predicted octanol–water partition coefficient (Wildman–Crippen LogP) is 14.3. The third kappa shape index (κ3) is 5.10. The first-order chi connectivity index (χ1) is 25.3. The third-order valence-electron chi connectivity index (χ3n) is 10.4. The van der Waals surface area contributed by atoms with Crippen molar-refractivity contribution in [1.82, 2.24) is 0 Å². The van der Waals surface area contributed by atoms with E-state index in [1.165, 1.54) is 76.1 Å². The van der Waals surface area contributed by atoms with Gasteiger partial charge >= 0.3 is 0 Å².